The molecule has 0 aromatic heterocycles. The van der Waals surface area contributed by atoms with E-state index in [1.807, 2.05) is 0 Å². The van der Waals surface area contributed by atoms with Crippen molar-refractivity contribution in [2.24, 2.45) is 89.7 Å². The van der Waals surface area contributed by atoms with E-state index in [9.17, 15) is 96.5 Å². The lowest BCUT2D eigenvalue weighted by Crippen LogP contribution is -2.61. The van der Waals surface area contributed by atoms with E-state index in [2.05, 4.69) is 78.8 Å². The molecule has 0 radical (unpaired) electrons. The number of rotatable bonds is 55. The van der Waals surface area contributed by atoms with E-state index in [0.717, 1.165) is 0 Å². The van der Waals surface area contributed by atoms with Crippen LogP contribution in [0, 0.1) is 5.92 Å². The molecule has 0 aliphatic carbocycles. The molecule has 2 saturated heterocycles. The van der Waals surface area contributed by atoms with Crippen molar-refractivity contribution in [3.63, 3.8) is 0 Å². The molecule has 2 rings (SSSR count). The summed E-state index contributed by atoms with van der Waals surface area (Å²) < 4.78 is 0. The van der Waals surface area contributed by atoms with Crippen LogP contribution in [-0.2, 0) is 71.9 Å². The topological polar surface area (TPSA) is 848 Å². The van der Waals surface area contributed by atoms with Crippen molar-refractivity contribution >= 4 is 125 Å². The fraction of sp³-hybridized carbons (Fsp3) is 0.682. The second kappa shape index (κ2) is 52.0. The number of nitrogens with two attached hydrogens (primary N) is 12. The van der Waals surface area contributed by atoms with Gasteiger partial charge in [-0.3, -0.25) is 82.1 Å². The third-order valence-corrected chi connectivity index (χ3v) is 18.0. The van der Waals surface area contributed by atoms with Crippen molar-refractivity contribution in [2.45, 2.75) is 228 Å². The first kappa shape index (κ1) is 98.7. The van der Waals surface area contributed by atoms with Crippen LogP contribution in [0.3, 0.4) is 0 Å². The van der Waals surface area contributed by atoms with Crippen LogP contribution in [0.15, 0.2) is 15.0 Å². The lowest BCUT2D eigenvalue weighted by atomic mass is 10.00. The molecule has 49 heteroatoms. The van der Waals surface area contributed by atoms with Gasteiger partial charge < -0.3 is 153 Å². The van der Waals surface area contributed by atoms with Crippen LogP contribution in [0.25, 0.3) is 0 Å². The Morgan fingerprint density at radius 2 is 0.704 bits per heavy atom. The summed E-state index contributed by atoms with van der Waals surface area (Å²) in [6.45, 7) is 2.35. The SMILES string of the molecule is CC(C)[C@H](NC(=O)[C@H](CCCNC(N)=O)NC(=O)[C@H](CCCN=C(N)N)NC(=O)[C@H](CCC(=O)O)NC(=O)[C@@H](N)CCCNC(N)=O)C(=O)N[C@@H](CCC(N)=O)C(=O)N[C@@H](CCCNC(N)=O)C(=O)N[C@@H](CCCN=C(N)N)C(=O)N[C@@H](CCCN=C(N)N)C(=O)N1CCC[C@H]1C(=O)N1CCC[C@H]1C(=O)N[C@@H](CCC(N)=O)C(=O)O. The molecule has 0 bridgehead atoms. The van der Waals surface area contributed by atoms with Gasteiger partial charge in [0.1, 0.15) is 66.5 Å². The Labute approximate surface area is 662 Å². The van der Waals surface area contributed by atoms with Crippen molar-refractivity contribution in [3.8, 4) is 0 Å². The predicted molar refractivity (Wildman–Crippen MR) is 411 cm³/mol. The van der Waals surface area contributed by atoms with Crippen molar-refractivity contribution < 1.29 is 96.5 Å². The summed E-state index contributed by atoms with van der Waals surface area (Å²) in [6.07, 6.45) is -3.70. The number of aliphatic carboxylic acids is 2. The van der Waals surface area contributed by atoms with Crippen LogP contribution in [0.2, 0.25) is 0 Å². The van der Waals surface area contributed by atoms with Crippen molar-refractivity contribution in [2.75, 3.05) is 52.4 Å². The molecular formula is C66H117N29O20. The van der Waals surface area contributed by atoms with Crippen molar-refractivity contribution in [1.82, 2.24) is 73.6 Å². The number of nitrogens with zero attached hydrogens (tertiary/aromatic N) is 5. The normalized spacial score (nSPS) is 16.1. The number of primary amides is 5. The van der Waals surface area contributed by atoms with Gasteiger partial charge >= 0.3 is 30.0 Å². The quantitative estimate of drug-likeness (QED) is 0.0153. The van der Waals surface area contributed by atoms with Gasteiger partial charge in [0.15, 0.2) is 17.9 Å². The second-order valence-corrected chi connectivity index (χ2v) is 27.6. The molecule has 2 aliphatic rings. The van der Waals surface area contributed by atoms with E-state index < -0.39 is 211 Å². The zero-order valence-corrected chi connectivity index (χ0v) is 64.6. The Hall–Kier alpha value is -12.4. The van der Waals surface area contributed by atoms with Gasteiger partial charge in [-0.15, -0.1) is 0 Å². The molecule has 0 aromatic carbocycles. The maximum absolute atomic E-state index is 14.9. The van der Waals surface area contributed by atoms with Gasteiger partial charge in [-0.1, -0.05) is 13.8 Å². The summed E-state index contributed by atoms with van der Waals surface area (Å²) >= 11 is 0. The number of carboxylic acid groups (broad SMARTS) is 2. The third kappa shape index (κ3) is 39.1. The van der Waals surface area contributed by atoms with Crippen LogP contribution in [0.5, 0.6) is 0 Å². The molecule has 646 valence electrons. The third-order valence-electron chi connectivity index (χ3n) is 18.0. The molecule has 49 nitrogen and oxygen atoms in total. The Kier molecular flexibility index (Phi) is 44.7. The molecule has 0 saturated carbocycles. The van der Waals surface area contributed by atoms with Gasteiger partial charge in [0.25, 0.3) is 0 Å². The number of hydrogen-bond donors (Lipinski definition) is 26. The molecular weight excluding hydrogens is 1520 g/mol. The number of urea groups is 3. The van der Waals surface area contributed by atoms with Crippen LogP contribution in [0.1, 0.15) is 155 Å². The predicted octanol–water partition coefficient (Wildman–Crippen LogP) is -10.7. The molecule has 12 atom stereocenters. The first-order valence-corrected chi connectivity index (χ1v) is 37.5. The number of aliphatic imine (C=N–C) groups is 3. The number of hydrogen-bond acceptors (Lipinski definition) is 22. The number of carboxylic acids is 2. The largest absolute Gasteiger partial charge is 0.481 e. The Bertz CT molecular complexity index is 3460. The standard InChI is InChI=1S/C66H117N29O20/c1-33(2)48(93-55(106)38(15-7-30-84-66(78)115)89-51(102)35(12-4-25-79-61(70)71)88-54(105)40(21-24-47(98)99)85-49(100)34(67)11-3-28-82-64(76)113)57(108)90-39(19-22-45(68)96)53(104)87-36(14-6-29-83-65(77)114)50(101)86-37(13-5-26-80-62(72)73)52(103)91-41(16-8-27-81-63(74)75)58(109)95-32-10-18-44(95)59(110)94-31-9-17-43(94)56(107)92-42(60(111)112)20-23-46(69)97/h33-44,48H,3-32,67H2,1-2H3,(H2,68,96)(H2,69,97)(H,85,100)(H,86,101)(H,87,104)(H,88,105)(H,89,102)(H,90,108)(H,91,103)(H,92,107)(H,93,106)(H,98,99)(H,111,112)(H4,70,71,79)(H4,72,73,80)(H4,74,75,81)(H3,76,82,113)(H3,77,83,114)(H3,78,84,115)/t34-,35-,36-,37-,38-,39-,40-,41-,42-,43-,44-,48-/m0/s1. The smallest absolute Gasteiger partial charge is 0.326 e. The molecule has 2 heterocycles. The summed E-state index contributed by atoms with van der Waals surface area (Å²) in [7, 11) is 0. The highest BCUT2D eigenvalue weighted by molar-refractivity contribution is 6.00. The van der Waals surface area contributed by atoms with E-state index in [0.29, 0.717) is 6.42 Å². The van der Waals surface area contributed by atoms with Crippen molar-refractivity contribution in [1.29, 1.82) is 0 Å². The van der Waals surface area contributed by atoms with Gasteiger partial charge in [-0.25, -0.2) is 19.2 Å². The highest BCUT2D eigenvalue weighted by Gasteiger charge is 2.45. The average Bonchev–Trinajstić information content (AvgIpc) is 1.67. The molecule has 0 spiro atoms. The van der Waals surface area contributed by atoms with Gasteiger partial charge in [-0.05, 0) is 128 Å². The zero-order valence-electron chi connectivity index (χ0n) is 64.6. The number of likely N-dealkylation sites (tertiary alicyclic amines) is 2. The van der Waals surface area contributed by atoms with Gasteiger partial charge in [0.2, 0.25) is 76.8 Å². The maximum Gasteiger partial charge on any atom is 0.326 e. The van der Waals surface area contributed by atoms with Crippen LogP contribution >= 0.6 is 0 Å². The Morgan fingerprint density at radius 1 is 0.374 bits per heavy atom. The highest BCUT2D eigenvalue weighted by atomic mass is 16.4. The number of carbonyl (C=O) groups excluding carboxylic acids is 16. The second-order valence-electron chi connectivity index (χ2n) is 27.6. The number of amides is 19. The summed E-state index contributed by atoms with van der Waals surface area (Å²) in [4.78, 5) is 255. The summed E-state index contributed by atoms with van der Waals surface area (Å²) in [5.41, 5.74) is 65.9. The fourth-order valence-electron chi connectivity index (χ4n) is 12.1. The van der Waals surface area contributed by atoms with E-state index in [1.54, 1.807) is 0 Å². The van der Waals surface area contributed by atoms with Crippen LogP contribution < -0.4 is 133 Å². The summed E-state index contributed by atoms with van der Waals surface area (Å²) in [5.74, 6) is -17.2. The first-order chi connectivity index (χ1) is 54.1. The van der Waals surface area contributed by atoms with E-state index >= 15 is 0 Å². The molecule has 2 aliphatic heterocycles. The number of carbonyl (C=O) groups is 18. The maximum atomic E-state index is 14.9. The Morgan fingerprint density at radius 3 is 1.09 bits per heavy atom. The molecule has 19 amide bonds. The monoisotopic (exact) mass is 1640 g/mol. The highest BCUT2D eigenvalue weighted by Crippen LogP contribution is 2.27. The molecule has 2 fully saturated rings. The molecule has 0 unspecified atom stereocenters. The van der Waals surface area contributed by atoms with E-state index in [1.165, 1.54) is 23.6 Å². The first-order valence-electron chi connectivity index (χ1n) is 37.5. The van der Waals surface area contributed by atoms with Crippen LogP contribution in [0.4, 0.5) is 14.4 Å². The Balaban J connectivity index is 2.67. The summed E-state index contributed by atoms with van der Waals surface area (Å²) in [6, 6.07) is -21.0. The molecule has 0 aromatic rings. The van der Waals surface area contributed by atoms with Gasteiger partial charge in [-0.2, -0.15) is 0 Å². The van der Waals surface area contributed by atoms with Crippen molar-refractivity contribution in [3.05, 3.63) is 0 Å². The fourth-order valence-corrected chi connectivity index (χ4v) is 12.1. The average molecular weight is 1640 g/mol. The van der Waals surface area contributed by atoms with Gasteiger partial charge in [0, 0.05) is 71.6 Å². The summed E-state index contributed by atoms with van der Waals surface area (Å²) in [5, 5.41) is 48.9. The number of guanidine groups is 3. The lowest BCUT2D eigenvalue weighted by Gasteiger charge is -2.33. The zero-order chi connectivity index (χ0) is 86.6. The van der Waals surface area contributed by atoms with E-state index in [4.69, 9.17) is 68.8 Å². The van der Waals surface area contributed by atoms with E-state index in [-0.39, 0.29) is 179 Å². The van der Waals surface area contributed by atoms with Crippen LogP contribution in [-0.4, -0.2) is 270 Å². The molecule has 115 heavy (non-hydrogen) atoms. The lowest BCUT2D eigenvalue weighted by molar-refractivity contribution is -0.149. The number of nitrogens with one attached hydrogen (secondary N) is 12. The van der Waals surface area contributed by atoms with Gasteiger partial charge in [0.05, 0.1) is 6.04 Å². The minimum atomic E-state index is -1.79. The minimum Gasteiger partial charge on any atom is -0.481 e. The molecule has 38 N–H and O–H groups in total. The minimum absolute atomic E-state index is 0.0173.